The number of amides is 1. The highest BCUT2D eigenvalue weighted by Gasteiger charge is 2.33. The molecule has 3 rings (SSSR count). The Balaban J connectivity index is 2.06. The van der Waals surface area contributed by atoms with Gasteiger partial charge in [0.05, 0.1) is 18.7 Å². The lowest BCUT2D eigenvalue weighted by atomic mass is 10.1. The second kappa shape index (κ2) is 8.06. The molecule has 1 aliphatic heterocycles. The van der Waals surface area contributed by atoms with Crippen LogP contribution in [0.15, 0.2) is 59.1 Å². The number of benzene rings is 2. The standard InChI is InChI=1S/C20H19N3O3S/c1-3-26-16-10-6-14(7-11-16)23-18(13-4-8-15(25-2)9-5-13)22-19(24)17(12-21)20(23)27/h4-11,18,27H,3H2,1-2H3,(H,22,24). The lowest BCUT2D eigenvalue weighted by molar-refractivity contribution is -0.118. The molecule has 0 spiro atoms. The van der Waals surface area contributed by atoms with Crippen LogP contribution >= 0.6 is 12.6 Å². The Morgan fingerprint density at radius 2 is 1.78 bits per heavy atom. The van der Waals surface area contributed by atoms with Gasteiger partial charge in [0, 0.05) is 5.69 Å². The van der Waals surface area contributed by atoms with Crippen LogP contribution in [0.4, 0.5) is 5.69 Å². The fraction of sp³-hybridized carbons (Fsp3) is 0.200. The molecule has 0 saturated carbocycles. The van der Waals surface area contributed by atoms with Crippen LogP contribution in [0, 0.1) is 11.3 Å². The van der Waals surface area contributed by atoms with Crippen LogP contribution in [0.3, 0.4) is 0 Å². The van der Waals surface area contributed by atoms with Crippen molar-refractivity contribution >= 4 is 24.2 Å². The summed E-state index contributed by atoms with van der Waals surface area (Å²) >= 11 is 4.48. The molecule has 1 N–H and O–H groups in total. The van der Waals surface area contributed by atoms with Crippen LogP contribution in [0.5, 0.6) is 11.5 Å². The zero-order chi connectivity index (χ0) is 19.4. The van der Waals surface area contributed by atoms with E-state index >= 15 is 0 Å². The summed E-state index contributed by atoms with van der Waals surface area (Å²) in [6.07, 6.45) is -0.508. The summed E-state index contributed by atoms with van der Waals surface area (Å²) in [6, 6.07) is 16.7. The molecule has 0 radical (unpaired) electrons. The van der Waals surface area contributed by atoms with Gasteiger partial charge in [-0.05, 0) is 48.9 Å². The topological polar surface area (TPSA) is 74.6 Å². The maximum absolute atomic E-state index is 12.3. The van der Waals surface area contributed by atoms with E-state index in [1.165, 1.54) is 0 Å². The average Bonchev–Trinajstić information content (AvgIpc) is 2.69. The number of hydrogen-bond donors (Lipinski definition) is 2. The number of carbonyl (C=O) groups is 1. The minimum Gasteiger partial charge on any atom is -0.497 e. The van der Waals surface area contributed by atoms with Crippen molar-refractivity contribution in [2.24, 2.45) is 0 Å². The van der Waals surface area contributed by atoms with Crippen LogP contribution in [0.2, 0.25) is 0 Å². The Bertz CT molecular complexity index is 902. The Labute approximate surface area is 163 Å². The normalized spacial score (nSPS) is 16.6. The number of carbonyl (C=O) groups excluding carboxylic acids is 1. The molecule has 2 aromatic carbocycles. The van der Waals surface area contributed by atoms with Gasteiger partial charge in [-0.15, -0.1) is 12.6 Å². The second-order valence-corrected chi connectivity index (χ2v) is 6.18. The molecule has 2 aromatic rings. The summed E-state index contributed by atoms with van der Waals surface area (Å²) in [5, 5.41) is 12.5. The summed E-state index contributed by atoms with van der Waals surface area (Å²) in [5.74, 6) is 1.01. The number of ether oxygens (including phenoxy) is 2. The smallest absolute Gasteiger partial charge is 0.266 e. The first-order valence-corrected chi connectivity index (χ1v) is 8.84. The highest BCUT2D eigenvalue weighted by atomic mass is 32.1. The largest absolute Gasteiger partial charge is 0.497 e. The van der Waals surface area contributed by atoms with E-state index in [0.717, 1.165) is 17.0 Å². The first-order valence-electron chi connectivity index (χ1n) is 8.39. The number of nitrogens with zero attached hydrogens (tertiary/aromatic N) is 2. The fourth-order valence-electron chi connectivity index (χ4n) is 2.87. The molecule has 0 fully saturated rings. The molecule has 7 heteroatoms. The zero-order valence-corrected chi connectivity index (χ0v) is 15.9. The molecule has 1 heterocycles. The number of nitrogens with one attached hydrogen (secondary N) is 1. The average molecular weight is 381 g/mol. The summed E-state index contributed by atoms with van der Waals surface area (Å²) in [7, 11) is 1.59. The van der Waals surface area contributed by atoms with E-state index in [2.05, 4.69) is 17.9 Å². The SMILES string of the molecule is CCOc1ccc(N2C(S)=C(C#N)C(=O)NC2c2ccc(OC)cc2)cc1. The molecule has 0 aliphatic carbocycles. The molecule has 1 atom stereocenters. The molecule has 0 bridgehead atoms. The quantitative estimate of drug-likeness (QED) is 0.777. The third kappa shape index (κ3) is 3.71. The van der Waals surface area contributed by atoms with Crippen molar-refractivity contribution in [2.75, 3.05) is 18.6 Å². The van der Waals surface area contributed by atoms with Gasteiger partial charge in [-0.3, -0.25) is 4.79 Å². The van der Waals surface area contributed by atoms with Crippen molar-refractivity contribution in [3.05, 3.63) is 64.7 Å². The van der Waals surface area contributed by atoms with Gasteiger partial charge in [0.15, 0.2) is 0 Å². The zero-order valence-electron chi connectivity index (χ0n) is 15.0. The molecular weight excluding hydrogens is 362 g/mol. The molecule has 1 aliphatic rings. The van der Waals surface area contributed by atoms with E-state index in [4.69, 9.17) is 9.47 Å². The van der Waals surface area contributed by atoms with Crippen LogP contribution < -0.4 is 19.7 Å². The van der Waals surface area contributed by atoms with Crippen LogP contribution in [-0.4, -0.2) is 19.6 Å². The van der Waals surface area contributed by atoms with E-state index in [1.807, 2.05) is 61.5 Å². The molecule has 0 aromatic heterocycles. The minimum atomic E-state index is -0.508. The number of nitriles is 1. The molecule has 1 unspecified atom stereocenters. The van der Waals surface area contributed by atoms with Crippen molar-refractivity contribution in [2.45, 2.75) is 13.1 Å². The van der Waals surface area contributed by atoms with E-state index in [1.54, 1.807) is 12.0 Å². The molecule has 27 heavy (non-hydrogen) atoms. The first-order chi connectivity index (χ1) is 13.1. The van der Waals surface area contributed by atoms with Crippen LogP contribution in [-0.2, 0) is 4.79 Å². The van der Waals surface area contributed by atoms with E-state index in [9.17, 15) is 10.1 Å². The number of anilines is 1. The van der Waals surface area contributed by atoms with Gasteiger partial charge in [0.2, 0.25) is 0 Å². The second-order valence-electron chi connectivity index (χ2n) is 5.76. The van der Waals surface area contributed by atoms with Crippen LogP contribution in [0.1, 0.15) is 18.7 Å². The highest BCUT2D eigenvalue weighted by Crippen LogP contribution is 2.36. The highest BCUT2D eigenvalue weighted by molar-refractivity contribution is 7.84. The lowest BCUT2D eigenvalue weighted by Gasteiger charge is -2.38. The Kier molecular flexibility index (Phi) is 5.57. The molecular formula is C20H19N3O3S. The molecule has 138 valence electrons. The van der Waals surface area contributed by atoms with Gasteiger partial charge in [0.1, 0.15) is 29.3 Å². The monoisotopic (exact) mass is 381 g/mol. The Morgan fingerprint density at radius 3 is 2.33 bits per heavy atom. The number of methoxy groups -OCH3 is 1. The van der Waals surface area contributed by atoms with Crippen molar-refractivity contribution in [1.82, 2.24) is 5.32 Å². The minimum absolute atomic E-state index is 0.0306. The maximum atomic E-state index is 12.3. The van der Waals surface area contributed by atoms with Crippen LogP contribution in [0.25, 0.3) is 0 Å². The number of thiol groups is 1. The number of rotatable bonds is 5. The van der Waals surface area contributed by atoms with Gasteiger partial charge in [-0.2, -0.15) is 5.26 Å². The number of hydrogen-bond acceptors (Lipinski definition) is 6. The van der Waals surface area contributed by atoms with E-state index < -0.39 is 12.1 Å². The third-order valence-electron chi connectivity index (χ3n) is 4.17. The van der Waals surface area contributed by atoms with Crippen molar-refractivity contribution < 1.29 is 14.3 Å². The fourth-order valence-corrected chi connectivity index (χ4v) is 3.25. The van der Waals surface area contributed by atoms with E-state index in [0.29, 0.717) is 17.4 Å². The van der Waals surface area contributed by atoms with Crippen molar-refractivity contribution in [3.63, 3.8) is 0 Å². The summed E-state index contributed by atoms with van der Waals surface area (Å²) in [4.78, 5) is 14.2. The molecule has 0 saturated heterocycles. The Hall–Kier alpha value is -3.11. The maximum Gasteiger partial charge on any atom is 0.266 e. The van der Waals surface area contributed by atoms with Crippen molar-refractivity contribution in [3.8, 4) is 17.6 Å². The first kappa shape index (κ1) is 18.7. The predicted octanol–water partition coefficient (Wildman–Crippen LogP) is 3.39. The predicted molar refractivity (Wildman–Crippen MR) is 106 cm³/mol. The van der Waals surface area contributed by atoms with Gasteiger partial charge in [-0.25, -0.2) is 0 Å². The summed E-state index contributed by atoms with van der Waals surface area (Å²) in [6.45, 7) is 2.49. The lowest BCUT2D eigenvalue weighted by Crippen LogP contribution is -2.46. The van der Waals surface area contributed by atoms with E-state index in [-0.39, 0.29) is 5.57 Å². The summed E-state index contributed by atoms with van der Waals surface area (Å²) < 4.78 is 10.7. The third-order valence-corrected chi connectivity index (χ3v) is 4.61. The molecule has 6 nitrogen and oxygen atoms in total. The van der Waals surface area contributed by atoms with Gasteiger partial charge < -0.3 is 19.7 Å². The summed E-state index contributed by atoms with van der Waals surface area (Å²) in [5.41, 5.74) is 1.58. The van der Waals surface area contributed by atoms with Crippen molar-refractivity contribution in [1.29, 1.82) is 5.26 Å². The van der Waals surface area contributed by atoms with Gasteiger partial charge >= 0.3 is 0 Å². The van der Waals surface area contributed by atoms with Gasteiger partial charge in [0.25, 0.3) is 5.91 Å². The molecule has 1 amide bonds. The Morgan fingerprint density at radius 1 is 1.15 bits per heavy atom. The van der Waals surface area contributed by atoms with Gasteiger partial charge in [-0.1, -0.05) is 12.1 Å².